The molecule has 2 N–H and O–H groups in total. The van der Waals surface area contributed by atoms with Crippen LogP contribution in [-0.4, -0.2) is 59.4 Å². The van der Waals surface area contributed by atoms with E-state index in [1.165, 1.54) is 0 Å². The summed E-state index contributed by atoms with van der Waals surface area (Å²) in [4.78, 5) is 13.9. The average molecular weight is 300 g/mol. The van der Waals surface area contributed by atoms with Crippen molar-refractivity contribution in [1.82, 2.24) is 10.2 Å². The number of rotatable bonds is 7. The Morgan fingerprint density at radius 1 is 1.29 bits per heavy atom. The lowest BCUT2D eigenvalue weighted by Gasteiger charge is -2.47. The van der Waals surface area contributed by atoms with Gasteiger partial charge in [-0.05, 0) is 60.5 Å². The number of aliphatic carboxylic acids is 1. The van der Waals surface area contributed by atoms with Gasteiger partial charge >= 0.3 is 5.97 Å². The molecule has 0 aromatic heterocycles. The van der Waals surface area contributed by atoms with E-state index < -0.39 is 11.5 Å². The SMILES string of the molecule is CCC(CCCN1CC(C)(C)OC(C)(C)C1)(NC)C(=O)O. The molecule has 0 amide bonds. The van der Waals surface area contributed by atoms with Crippen molar-refractivity contribution in [2.75, 3.05) is 26.7 Å². The van der Waals surface area contributed by atoms with E-state index in [2.05, 4.69) is 37.9 Å². The predicted molar refractivity (Wildman–Crippen MR) is 84.6 cm³/mol. The van der Waals surface area contributed by atoms with Crippen LogP contribution >= 0.6 is 0 Å². The molecule has 0 aromatic carbocycles. The highest BCUT2D eigenvalue weighted by Gasteiger charge is 2.39. The van der Waals surface area contributed by atoms with Gasteiger partial charge in [0, 0.05) is 13.1 Å². The lowest BCUT2D eigenvalue weighted by molar-refractivity contribution is -0.180. The molecule has 1 fully saturated rings. The highest BCUT2D eigenvalue weighted by Crippen LogP contribution is 2.28. The molecule has 5 heteroatoms. The standard InChI is InChI=1S/C16H32N2O3/c1-7-16(17-6,13(19)20)9-8-10-18-11-14(2,3)21-15(4,5)12-18/h17H,7-12H2,1-6H3,(H,19,20). The van der Waals surface area contributed by atoms with E-state index >= 15 is 0 Å². The van der Waals surface area contributed by atoms with Crippen molar-refractivity contribution in [1.29, 1.82) is 0 Å². The second-order valence-electron chi connectivity index (χ2n) is 7.43. The van der Waals surface area contributed by atoms with Crippen molar-refractivity contribution in [3.05, 3.63) is 0 Å². The molecule has 0 aromatic rings. The fourth-order valence-electron chi connectivity index (χ4n) is 3.55. The van der Waals surface area contributed by atoms with Gasteiger partial charge in [-0.25, -0.2) is 0 Å². The molecule has 5 nitrogen and oxygen atoms in total. The van der Waals surface area contributed by atoms with E-state index in [9.17, 15) is 9.90 Å². The van der Waals surface area contributed by atoms with Gasteiger partial charge in [0.15, 0.2) is 0 Å². The van der Waals surface area contributed by atoms with Crippen molar-refractivity contribution < 1.29 is 14.6 Å². The van der Waals surface area contributed by atoms with E-state index in [4.69, 9.17) is 4.74 Å². The third-order valence-corrected chi connectivity index (χ3v) is 4.33. The van der Waals surface area contributed by atoms with Gasteiger partial charge in [0.05, 0.1) is 11.2 Å². The Balaban J connectivity index is 2.57. The Morgan fingerprint density at radius 3 is 2.19 bits per heavy atom. The highest BCUT2D eigenvalue weighted by molar-refractivity contribution is 5.78. The number of nitrogens with zero attached hydrogens (tertiary/aromatic N) is 1. The normalized spacial score (nSPS) is 24.5. The van der Waals surface area contributed by atoms with Crippen LogP contribution in [0.4, 0.5) is 0 Å². The highest BCUT2D eigenvalue weighted by atomic mass is 16.5. The van der Waals surface area contributed by atoms with Crippen LogP contribution in [0.3, 0.4) is 0 Å². The molecule has 1 saturated heterocycles. The molecule has 21 heavy (non-hydrogen) atoms. The summed E-state index contributed by atoms with van der Waals surface area (Å²) in [5, 5.41) is 12.4. The number of carboxylic acids is 1. The van der Waals surface area contributed by atoms with Crippen molar-refractivity contribution in [2.45, 2.75) is 70.6 Å². The fraction of sp³-hybridized carbons (Fsp3) is 0.938. The third-order valence-electron chi connectivity index (χ3n) is 4.33. The summed E-state index contributed by atoms with van der Waals surface area (Å²) >= 11 is 0. The van der Waals surface area contributed by atoms with E-state index in [1.54, 1.807) is 7.05 Å². The monoisotopic (exact) mass is 300 g/mol. The number of hydrogen-bond acceptors (Lipinski definition) is 4. The first-order chi connectivity index (χ1) is 9.56. The van der Waals surface area contributed by atoms with Gasteiger partial charge < -0.3 is 15.2 Å². The molecule has 1 unspecified atom stereocenters. The molecule has 1 aliphatic rings. The Morgan fingerprint density at radius 2 is 1.81 bits per heavy atom. The van der Waals surface area contributed by atoms with Crippen LogP contribution in [0.15, 0.2) is 0 Å². The molecule has 124 valence electrons. The largest absolute Gasteiger partial charge is 0.480 e. The first-order valence-corrected chi connectivity index (χ1v) is 7.91. The smallest absolute Gasteiger partial charge is 0.323 e. The summed E-state index contributed by atoms with van der Waals surface area (Å²) < 4.78 is 6.07. The van der Waals surface area contributed by atoms with E-state index in [0.717, 1.165) is 26.1 Å². The zero-order valence-electron chi connectivity index (χ0n) is 14.5. The molecule has 1 rings (SSSR count). The van der Waals surface area contributed by atoms with Crippen LogP contribution in [-0.2, 0) is 9.53 Å². The number of ether oxygens (including phenoxy) is 1. The lowest BCUT2D eigenvalue weighted by Crippen LogP contribution is -2.57. The van der Waals surface area contributed by atoms with Crippen LogP contribution in [0.2, 0.25) is 0 Å². The minimum absolute atomic E-state index is 0.153. The molecule has 0 aliphatic carbocycles. The minimum Gasteiger partial charge on any atom is -0.480 e. The molecule has 1 atom stereocenters. The van der Waals surface area contributed by atoms with Gasteiger partial charge in [-0.3, -0.25) is 9.69 Å². The van der Waals surface area contributed by atoms with Crippen molar-refractivity contribution >= 4 is 5.97 Å². The van der Waals surface area contributed by atoms with E-state index in [-0.39, 0.29) is 11.2 Å². The maximum atomic E-state index is 11.5. The summed E-state index contributed by atoms with van der Waals surface area (Å²) in [6.45, 7) is 13.1. The second-order valence-corrected chi connectivity index (χ2v) is 7.43. The number of nitrogens with one attached hydrogen (secondary N) is 1. The quantitative estimate of drug-likeness (QED) is 0.754. The Hall–Kier alpha value is -0.650. The third kappa shape index (κ3) is 4.94. The van der Waals surface area contributed by atoms with Crippen LogP contribution in [0, 0.1) is 0 Å². The van der Waals surface area contributed by atoms with Gasteiger partial charge in [-0.15, -0.1) is 0 Å². The summed E-state index contributed by atoms with van der Waals surface area (Å²) in [5.41, 5.74) is -1.10. The first-order valence-electron chi connectivity index (χ1n) is 7.91. The molecule has 0 radical (unpaired) electrons. The van der Waals surface area contributed by atoms with Crippen molar-refractivity contribution in [3.8, 4) is 0 Å². The van der Waals surface area contributed by atoms with Gasteiger partial charge in [-0.1, -0.05) is 6.92 Å². The molecular weight excluding hydrogens is 268 g/mol. The van der Waals surface area contributed by atoms with E-state index in [1.807, 2.05) is 6.92 Å². The number of carbonyl (C=O) groups is 1. The van der Waals surface area contributed by atoms with Crippen LogP contribution in [0.5, 0.6) is 0 Å². The van der Waals surface area contributed by atoms with Crippen LogP contribution in [0.1, 0.15) is 53.9 Å². The summed E-state index contributed by atoms with van der Waals surface area (Å²) in [7, 11) is 1.73. The average Bonchev–Trinajstić information content (AvgIpc) is 2.30. The van der Waals surface area contributed by atoms with Crippen molar-refractivity contribution in [2.24, 2.45) is 0 Å². The molecule has 0 spiro atoms. The van der Waals surface area contributed by atoms with Gasteiger partial charge in [0.25, 0.3) is 0 Å². The number of carboxylic acid groups (broad SMARTS) is 1. The molecule has 0 saturated carbocycles. The van der Waals surface area contributed by atoms with Crippen molar-refractivity contribution in [3.63, 3.8) is 0 Å². The predicted octanol–water partition coefficient (Wildman–Crippen LogP) is 2.11. The molecular formula is C16H32N2O3. The van der Waals surface area contributed by atoms with Gasteiger partial charge in [0.2, 0.25) is 0 Å². The summed E-state index contributed by atoms with van der Waals surface area (Å²) in [6, 6.07) is 0. The maximum absolute atomic E-state index is 11.5. The maximum Gasteiger partial charge on any atom is 0.323 e. The van der Waals surface area contributed by atoms with E-state index in [0.29, 0.717) is 12.8 Å². The minimum atomic E-state index is -0.794. The number of morpholine rings is 1. The Bertz CT molecular complexity index is 347. The number of likely N-dealkylation sites (N-methyl/N-ethyl adjacent to an activating group) is 1. The Kier molecular flexibility index (Phi) is 5.81. The number of hydrogen-bond donors (Lipinski definition) is 2. The van der Waals surface area contributed by atoms with Crippen LogP contribution in [0.25, 0.3) is 0 Å². The fourth-order valence-corrected chi connectivity index (χ4v) is 3.55. The molecule has 1 heterocycles. The second kappa shape index (κ2) is 6.63. The molecule has 0 bridgehead atoms. The van der Waals surface area contributed by atoms with Crippen LogP contribution < -0.4 is 5.32 Å². The summed E-state index contributed by atoms with van der Waals surface area (Å²) in [6.07, 6.45) is 2.11. The van der Waals surface area contributed by atoms with Gasteiger partial charge in [0.1, 0.15) is 5.54 Å². The molecule has 1 aliphatic heterocycles. The lowest BCUT2D eigenvalue weighted by atomic mass is 9.90. The summed E-state index contributed by atoms with van der Waals surface area (Å²) in [5.74, 6) is -0.755. The Labute approximate surface area is 129 Å². The topological polar surface area (TPSA) is 61.8 Å². The van der Waals surface area contributed by atoms with Gasteiger partial charge in [-0.2, -0.15) is 0 Å². The zero-order chi connectivity index (χ0) is 16.3. The zero-order valence-corrected chi connectivity index (χ0v) is 14.5. The first kappa shape index (κ1) is 18.4.